The minimum absolute atomic E-state index is 0.177. The van der Waals surface area contributed by atoms with Crippen molar-refractivity contribution in [2.24, 2.45) is 7.05 Å². The van der Waals surface area contributed by atoms with Crippen LogP contribution < -0.4 is 16.0 Å². The van der Waals surface area contributed by atoms with Crippen LogP contribution in [0, 0.1) is 0 Å². The second-order valence-corrected chi connectivity index (χ2v) is 7.11. The minimum Gasteiger partial charge on any atom is -0.444 e. The van der Waals surface area contributed by atoms with Crippen molar-refractivity contribution in [1.82, 2.24) is 19.7 Å². The van der Waals surface area contributed by atoms with Gasteiger partial charge >= 0.3 is 0 Å². The van der Waals surface area contributed by atoms with Crippen molar-refractivity contribution in [2.75, 3.05) is 29.5 Å². The fourth-order valence-corrected chi connectivity index (χ4v) is 3.33. The fourth-order valence-electron chi connectivity index (χ4n) is 3.33. The summed E-state index contributed by atoms with van der Waals surface area (Å²) < 4.78 is 7.23. The minimum atomic E-state index is -0.360. The Morgan fingerprint density at radius 3 is 2.93 bits per heavy atom. The number of pyridine rings is 1. The Morgan fingerprint density at radius 2 is 2.17 bits per heavy atom. The topological polar surface area (TPSA) is 115 Å². The molecule has 9 nitrogen and oxygen atoms in total. The Balaban J connectivity index is 1.64. The van der Waals surface area contributed by atoms with E-state index >= 15 is 0 Å². The number of oxazole rings is 1. The van der Waals surface area contributed by atoms with Gasteiger partial charge in [-0.25, -0.2) is 9.97 Å². The van der Waals surface area contributed by atoms with E-state index in [2.05, 4.69) is 32.2 Å². The van der Waals surface area contributed by atoms with Crippen molar-refractivity contribution >= 4 is 34.0 Å². The molecule has 4 rings (SSSR count). The van der Waals surface area contributed by atoms with Crippen molar-refractivity contribution < 1.29 is 9.21 Å². The number of carbonyl (C=O) groups is 1. The summed E-state index contributed by atoms with van der Waals surface area (Å²) in [5.74, 6) is 0.298. The van der Waals surface area contributed by atoms with Crippen molar-refractivity contribution in [2.45, 2.75) is 13.3 Å². The van der Waals surface area contributed by atoms with Crippen LogP contribution in [-0.4, -0.2) is 39.2 Å². The summed E-state index contributed by atoms with van der Waals surface area (Å²) in [7, 11) is 3.86. The van der Waals surface area contributed by atoms with E-state index in [1.165, 1.54) is 6.26 Å². The van der Waals surface area contributed by atoms with E-state index in [4.69, 9.17) is 10.2 Å². The number of hydrogen-bond acceptors (Lipinski definition) is 7. The Kier molecular flexibility index (Phi) is 5.09. The number of aromatic nitrogens is 4. The zero-order valence-electron chi connectivity index (χ0n) is 17.1. The molecule has 0 unspecified atom stereocenters. The SMILES string of the molecule is CCCN(C)c1cc2nn(C)cc2cc1NC(=O)c1coc(-c2ccnc(N)c2)n1. The highest BCUT2D eigenvalue weighted by Gasteiger charge is 2.18. The Bertz CT molecular complexity index is 1210. The second kappa shape index (κ2) is 7.86. The number of nitrogen functional groups attached to an aromatic ring is 1. The number of hydrogen-bond donors (Lipinski definition) is 2. The molecule has 9 heteroatoms. The van der Waals surface area contributed by atoms with Crippen LogP contribution in [0.4, 0.5) is 17.2 Å². The van der Waals surface area contributed by atoms with Gasteiger partial charge in [0.1, 0.15) is 12.1 Å². The van der Waals surface area contributed by atoms with Crippen LogP contribution >= 0.6 is 0 Å². The molecule has 1 aromatic carbocycles. The quantitative estimate of drug-likeness (QED) is 0.506. The first-order chi connectivity index (χ1) is 14.4. The molecule has 1 amide bonds. The molecule has 0 saturated heterocycles. The number of nitrogens with one attached hydrogen (secondary N) is 1. The van der Waals surface area contributed by atoms with Crippen molar-refractivity contribution in [3.63, 3.8) is 0 Å². The average Bonchev–Trinajstić information content (AvgIpc) is 3.33. The van der Waals surface area contributed by atoms with E-state index < -0.39 is 0 Å². The number of rotatable bonds is 6. The van der Waals surface area contributed by atoms with Crippen LogP contribution in [0.25, 0.3) is 22.4 Å². The third-order valence-electron chi connectivity index (χ3n) is 4.72. The zero-order valence-corrected chi connectivity index (χ0v) is 17.1. The maximum atomic E-state index is 12.9. The lowest BCUT2D eigenvalue weighted by molar-refractivity contribution is 0.102. The largest absolute Gasteiger partial charge is 0.444 e. The third-order valence-corrected chi connectivity index (χ3v) is 4.72. The van der Waals surface area contributed by atoms with Crippen molar-refractivity contribution in [3.05, 3.63) is 48.6 Å². The van der Waals surface area contributed by atoms with Gasteiger partial charge in [-0.15, -0.1) is 0 Å². The number of anilines is 3. The maximum absolute atomic E-state index is 12.9. The molecular weight excluding hydrogens is 382 g/mol. The van der Waals surface area contributed by atoms with Crippen LogP contribution in [0.2, 0.25) is 0 Å². The first-order valence-electron chi connectivity index (χ1n) is 9.62. The summed E-state index contributed by atoms with van der Waals surface area (Å²) in [6.45, 7) is 2.95. The summed E-state index contributed by atoms with van der Waals surface area (Å²) in [5, 5.41) is 8.38. The first-order valence-corrected chi connectivity index (χ1v) is 9.62. The van der Waals surface area contributed by atoms with Gasteiger partial charge in [0.25, 0.3) is 5.91 Å². The van der Waals surface area contributed by atoms with Crippen LogP contribution in [0.15, 0.2) is 47.3 Å². The van der Waals surface area contributed by atoms with E-state index in [1.807, 2.05) is 32.4 Å². The van der Waals surface area contributed by atoms with E-state index in [-0.39, 0.29) is 11.6 Å². The summed E-state index contributed by atoms with van der Waals surface area (Å²) in [6.07, 6.45) is 5.79. The molecule has 0 atom stereocenters. The Morgan fingerprint density at radius 1 is 1.33 bits per heavy atom. The van der Waals surface area contributed by atoms with Crippen LogP contribution in [0.5, 0.6) is 0 Å². The highest BCUT2D eigenvalue weighted by molar-refractivity contribution is 6.06. The lowest BCUT2D eigenvalue weighted by Gasteiger charge is -2.22. The van der Waals surface area contributed by atoms with Gasteiger partial charge < -0.3 is 20.4 Å². The molecule has 0 bridgehead atoms. The van der Waals surface area contributed by atoms with E-state index in [9.17, 15) is 4.79 Å². The molecule has 0 saturated carbocycles. The molecular formula is C21H23N7O2. The summed E-state index contributed by atoms with van der Waals surface area (Å²) in [4.78, 5) is 23.2. The second-order valence-electron chi connectivity index (χ2n) is 7.11. The van der Waals surface area contributed by atoms with E-state index in [1.54, 1.807) is 23.0 Å². The Hall–Kier alpha value is -3.88. The highest BCUT2D eigenvalue weighted by atomic mass is 16.3. The lowest BCUT2D eigenvalue weighted by atomic mass is 10.1. The molecule has 3 aromatic heterocycles. The van der Waals surface area contributed by atoms with E-state index in [0.717, 1.165) is 29.6 Å². The van der Waals surface area contributed by atoms with Gasteiger partial charge in [-0.1, -0.05) is 6.92 Å². The predicted molar refractivity (Wildman–Crippen MR) is 116 cm³/mol. The number of nitrogens with two attached hydrogens (primary N) is 1. The van der Waals surface area contributed by atoms with Gasteiger partial charge in [-0.3, -0.25) is 9.48 Å². The number of carbonyl (C=O) groups excluding carboxylic acids is 1. The normalized spacial score (nSPS) is 11.0. The number of nitrogens with zero attached hydrogens (tertiary/aromatic N) is 5. The Labute approximate surface area is 173 Å². The molecule has 0 aliphatic rings. The number of fused-ring (bicyclic) bond motifs is 1. The van der Waals surface area contributed by atoms with Gasteiger partial charge in [0, 0.05) is 44.0 Å². The average molecular weight is 405 g/mol. The van der Waals surface area contributed by atoms with Crippen LogP contribution in [-0.2, 0) is 7.05 Å². The molecule has 30 heavy (non-hydrogen) atoms. The molecule has 154 valence electrons. The first kappa shape index (κ1) is 19.4. The molecule has 3 heterocycles. The fraction of sp³-hybridized carbons (Fsp3) is 0.238. The van der Waals surface area contributed by atoms with Gasteiger partial charge in [0.05, 0.1) is 16.9 Å². The highest BCUT2D eigenvalue weighted by Crippen LogP contribution is 2.31. The van der Waals surface area contributed by atoms with Gasteiger partial charge in [-0.2, -0.15) is 5.10 Å². The third kappa shape index (κ3) is 3.82. The molecule has 0 aliphatic carbocycles. The smallest absolute Gasteiger partial charge is 0.277 e. The maximum Gasteiger partial charge on any atom is 0.277 e. The number of aryl methyl sites for hydroxylation is 1. The summed E-state index contributed by atoms with van der Waals surface area (Å²) >= 11 is 0. The van der Waals surface area contributed by atoms with Crippen molar-refractivity contribution in [1.29, 1.82) is 0 Å². The zero-order chi connectivity index (χ0) is 21.3. The predicted octanol–water partition coefficient (Wildman–Crippen LogP) is 3.30. The molecule has 4 aromatic rings. The molecule has 0 radical (unpaired) electrons. The van der Waals surface area contributed by atoms with Crippen LogP contribution in [0.1, 0.15) is 23.8 Å². The molecule has 0 aliphatic heterocycles. The monoisotopic (exact) mass is 405 g/mol. The lowest BCUT2D eigenvalue weighted by Crippen LogP contribution is -2.21. The van der Waals surface area contributed by atoms with Gasteiger partial charge in [0.2, 0.25) is 5.89 Å². The number of benzene rings is 1. The van der Waals surface area contributed by atoms with E-state index in [0.29, 0.717) is 23.0 Å². The van der Waals surface area contributed by atoms with Crippen molar-refractivity contribution in [3.8, 4) is 11.5 Å². The molecule has 0 fully saturated rings. The van der Waals surface area contributed by atoms with Gasteiger partial charge in [-0.05, 0) is 30.7 Å². The summed E-state index contributed by atoms with van der Waals surface area (Å²) in [6, 6.07) is 7.26. The molecule has 0 spiro atoms. The van der Waals surface area contributed by atoms with Crippen LogP contribution in [0.3, 0.4) is 0 Å². The van der Waals surface area contributed by atoms with Gasteiger partial charge in [0.15, 0.2) is 5.69 Å². The summed E-state index contributed by atoms with van der Waals surface area (Å²) in [5.41, 5.74) is 8.99. The molecule has 3 N–H and O–H groups in total. The standard InChI is InChI=1S/C21H23N7O2/c1-4-7-27(2)18-10-15-14(11-28(3)26-15)8-16(18)24-20(29)17-12-30-21(25-17)13-5-6-23-19(22)9-13/h5-6,8-12H,4,7H2,1-3H3,(H2,22,23)(H,24,29). The number of amides is 1.